The lowest BCUT2D eigenvalue weighted by molar-refractivity contribution is -0.255. The molecule has 5 nitrogen and oxygen atoms in total. The van der Waals surface area contributed by atoms with E-state index in [9.17, 15) is 18.3 Å². The standard InChI is InChI=1S/C14H11Cl2NO4S/c15-11-2-1-3-12(16)13(11)22(20,21)17-8-9-4-6-10(7-5-9)14(18)19/h1-7,17H,8H2,(H,18,19)/p-1. The van der Waals surface area contributed by atoms with Gasteiger partial charge in [-0.15, -0.1) is 0 Å². The topological polar surface area (TPSA) is 86.3 Å². The van der Waals surface area contributed by atoms with Crippen molar-refractivity contribution in [3.05, 3.63) is 63.6 Å². The number of sulfonamides is 1. The van der Waals surface area contributed by atoms with Crippen LogP contribution in [0.15, 0.2) is 47.4 Å². The van der Waals surface area contributed by atoms with Gasteiger partial charge in [0.05, 0.1) is 16.0 Å². The van der Waals surface area contributed by atoms with Gasteiger partial charge < -0.3 is 9.90 Å². The van der Waals surface area contributed by atoms with Crippen molar-refractivity contribution in [2.24, 2.45) is 0 Å². The van der Waals surface area contributed by atoms with Crippen molar-refractivity contribution < 1.29 is 18.3 Å². The van der Waals surface area contributed by atoms with Gasteiger partial charge in [0.15, 0.2) is 0 Å². The summed E-state index contributed by atoms with van der Waals surface area (Å²) in [5, 5.41) is 10.7. The molecule has 0 radical (unpaired) electrons. The van der Waals surface area contributed by atoms with Crippen molar-refractivity contribution in [2.45, 2.75) is 11.4 Å². The van der Waals surface area contributed by atoms with Crippen LogP contribution in [-0.4, -0.2) is 14.4 Å². The number of hydrogen-bond acceptors (Lipinski definition) is 4. The Hall–Kier alpha value is -1.60. The van der Waals surface area contributed by atoms with E-state index in [0.29, 0.717) is 5.56 Å². The Kier molecular flexibility index (Phi) is 5.08. The predicted octanol–water partition coefficient (Wildman–Crippen LogP) is 1.84. The van der Waals surface area contributed by atoms with Crippen LogP contribution in [0.2, 0.25) is 10.0 Å². The molecule has 0 aliphatic heterocycles. The zero-order valence-corrected chi connectivity index (χ0v) is 13.4. The number of carbonyl (C=O) groups excluding carboxylic acids is 1. The number of nitrogens with one attached hydrogen (secondary N) is 1. The highest BCUT2D eigenvalue weighted by atomic mass is 35.5. The first-order chi connectivity index (χ1) is 10.3. The van der Waals surface area contributed by atoms with Crippen LogP contribution in [0.1, 0.15) is 15.9 Å². The molecule has 0 aliphatic rings. The first-order valence-corrected chi connectivity index (χ1v) is 8.29. The molecule has 116 valence electrons. The molecule has 0 fully saturated rings. The fourth-order valence-electron chi connectivity index (χ4n) is 1.75. The largest absolute Gasteiger partial charge is 0.545 e. The van der Waals surface area contributed by atoms with Crippen LogP contribution < -0.4 is 9.83 Å². The summed E-state index contributed by atoms with van der Waals surface area (Å²) in [6.45, 7) is -0.0305. The summed E-state index contributed by atoms with van der Waals surface area (Å²) in [4.78, 5) is 10.4. The summed E-state index contributed by atoms with van der Waals surface area (Å²) in [5.41, 5.74) is 0.595. The lowest BCUT2D eigenvalue weighted by Gasteiger charge is -2.10. The highest BCUT2D eigenvalue weighted by Gasteiger charge is 2.21. The van der Waals surface area contributed by atoms with E-state index < -0.39 is 16.0 Å². The van der Waals surface area contributed by atoms with Crippen LogP contribution >= 0.6 is 23.2 Å². The molecule has 8 heteroatoms. The van der Waals surface area contributed by atoms with Crippen molar-refractivity contribution in [3.63, 3.8) is 0 Å². The second kappa shape index (κ2) is 6.66. The Balaban J connectivity index is 2.18. The molecular formula is C14H10Cl2NO4S-. The fourth-order valence-corrected chi connectivity index (χ4v) is 3.91. The van der Waals surface area contributed by atoms with Crippen LogP contribution in [0, 0.1) is 0 Å². The fraction of sp³-hybridized carbons (Fsp3) is 0.0714. The summed E-state index contributed by atoms with van der Waals surface area (Å²) >= 11 is 11.8. The molecular weight excluding hydrogens is 349 g/mol. The third-order valence-corrected chi connectivity index (χ3v) is 5.20. The maximum absolute atomic E-state index is 12.2. The molecule has 2 rings (SSSR count). The Morgan fingerprint density at radius 1 is 1.05 bits per heavy atom. The van der Waals surface area contributed by atoms with Gasteiger partial charge in [0.2, 0.25) is 10.0 Å². The summed E-state index contributed by atoms with van der Waals surface area (Å²) in [5.74, 6) is -1.30. The number of aromatic carboxylic acids is 1. The summed E-state index contributed by atoms with van der Waals surface area (Å²) in [7, 11) is -3.89. The maximum atomic E-state index is 12.2. The minimum atomic E-state index is -3.89. The molecule has 0 saturated heterocycles. The smallest absolute Gasteiger partial charge is 0.243 e. The van der Waals surface area contributed by atoms with Crippen LogP contribution in [0.4, 0.5) is 0 Å². The van der Waals surface area contributed by atoms with Gasteiger partial charge in [0.1, 0.15) is 4.90 Å². The zero-order chi connectivity index (χ0) is 16.3. The molecule has 0 heterocycles. The van der Waals surface area contributed by atoms with E-state index in [0.717, 1.165) is 0 Å². The minimum Gasteiger partial charge on any atom is -0.545 e. The van der Waals surface area contributed by atoms with E-state index in [2.05, 4.69) is 4.72 Å². The van der Waals surface area contributed by atoms with E-state index in [1.165, 1.54) is 36.4 Å². The second-order valence-electron chi connectivity index (χ2n) is 4.36. The zero-order valence-electron chi connectivity index (χ0n) is 11.0. The number of carbonyl (C=O) groups is 1. The summed E-state index contributed by atoms with van der Waals surface area (Å²) < 4.78 is 26.8. The van der Waals surface area contributed by atoms with Crippen LogP contribution in [0.25, 0.3) is 0 Å². The minimum absolute atomic E-state index is 0.0146. The number of rotatable bonds is 5. The molecule has 0 aromatic heterocycles. The van der Waals surface area contributed by atoms with Gasteiger partial charge in [0, 0.05) is 6.54 Å². The van der Waals surface area contributed by atoms with E-state index >= 15 is 0 Å². The Labute approximate surface area is 137 Å². The maximum Gasteiger partial charge on any atom is 0.243 e. The van der Waals surface area contributed by atoms with Gasteiger partial charge in [-0.2, -0.15) is 0 Å². The quantitative estimate of drug-likeness (QED) is 0.883. The first-order valence-electron chi connectivity index (χ1n) is 6.05. The van der Waals surface area contributed by atoms with Gasteiger partial charge >= 0.3 is 0 Å². The lowest BCUT2D eigenvalue weighted by atomic mass is 10.1. The van der Waals surface area contributed by atoms with Gasteiger partial charge in [0.25, 0.3) is 0 Å². The number of carboxylic acids is 1. The molecule has 2 aromatic carbocycles. The Bertz CT molecular complexity index is 784. The van der Waals surface area contributed by atoms with E-state index in [-0.39, 0.29) is 27.0 Å². The third-order valence-electron chi connectivity index (χ3n) is 2.84. The number of hydrogen-bond donors (Lipinski definition) is 1. The molecule has 0 spiro atoms. The summed E-state index contributed by atoms with van der Waals surface area (Å²) in [6.07, 6.45) is 0. The van der Waals surface area contributed by atoms with Crippen LogP contribution in [-0.2, 0) is 16.6 Å². The van der Waals surface area contributed by atoms with Crippen molar-refractivity contribution in [2.75, 3.05) is 0 Å². The molecule has 0 aliphatic carbocycles. The normalized spacial score (nSPS) is 11.4. The number of benzene rings is 2. The van der Waals surface area contributed by atoms with Crippen molar-refractivity contribution in [1.29, 1.82) is 0 Å². The first kappa shape index (κ1) is 16.8. The van der Waals surface area contributed by atoms with Gasteiger partial charge in [-0.3, -0.25) is 0 Å². The molecule has 0 bridgehead atoms. The van der Waals surface area contributed by atoms with Gasteiger partial charge in [-0.1, -0.05) is 53.5 Å². The number of carboxylic acid groups (broad SMARTS) is 1. The molecule has 2 aromatic rings. The van der Waals surface area contributed by atoms with Gasteiger partial charge in [-0.25, -0.2) is 13.1 Å². The Morgan fingerprint density at radius 2 is 1.59 bits per heavy atom. The highest BCUT2D eigenvalue weighted by molar-refractivity contribution is 7.89. The average Bonchev–Trinajstić information content (AvgIpc) is 2.45. The van der Waals surface area contributed by atoms with Crippen molar-refractivity contribution in [1.82, 2.24) is 4.72 Å². The number of halogens is 2. The third kappa shape index (κ3) is 3.78. The predicted molar refractivity (Wildman–Crippen MR) is 81.3 cm³/mol. The van der Waals surface area contributed by atoms with E-state index in [4.69, 9.17) is 23.2 Å². The van der Waals surface area contributed by atoms with Crippen molar-refractivity contribution >= 4 is 39.2 Å². The molecule has 0 amide bonds. The molecule has 1 N–H and O–H groups in total. The lowest BCUT2D eigenvalue weighted by Crippen LogP contribution is -2.24. The monoisotopic (exact) mass is 358 g/mol. The van der Waals surface area contributed by atoms with Gasteiger partial charge in [-0.05, 0) is 23.3 Å². The second-order valence-corrected chi connectivity index (χ2v) is 6.88. The SMILES string of the molecule is O=C([O-])c1ccc(CNS(=O)(=O)c2c(Cl)cccc2Cl)cc1. The van der Waals surface area contributed by atoms with Crippen molar-refractivity contribution in [3.8, 4) is 0 Å². The van der Waals surface area contributed by atoms with Crippen LogP contribution in [0.5, 0.6) is 0 Å². The molecule has 22 heavy (non-hydrogen) atoms. The van der Waals surface area contributed by atoms with E-state index in [1.807, 2.05) is 0 Å². The highest BCUT2D eigenvalue weighted by Crippen LogP contribution is 2.28. The molecule has 0 saturated carbocycles. The summed E-state index contributed by atoms with van der Waals surface area (Å²) in [6, 6.07) is 10.0. The van der Waals surface area contributed by atoms with Crippen LogP contribution in [0.3, 0.4) is 0 Å². The van der Waals surface area contributed by atoms with E-state index in [1.54, 1.807) is 6.07 Å². The molecule has 0 unspecified atom stereocenters. The molecule has 0 atom stereocenters. The average molecular weight is 359 g/mol. The Morgan fingerprint density at radius 3 is 2.09 bits per heavy atom.